The lowest BCUT2D eigenvalue weighted by Crippen LogP contribution is -2.36. The molecule has 0 saturated heterocycles. The molecule has 26 heavy (non-hydrogen) atoms. The van der Waals surface area contributed by atoms with E-state index in [0.29, 0.717) is 22.3 Å². The quantitative estimate of drug-likeness (QED) is 0.695. The topological polar surface area (TPSA) is 72.4 Å². The molecule has 0 saturated carbocycles. The summed E-state index contributed by atoms with van der Waals surface area (Å²) in [6.45, 7) is 7.78. The lowest BCUT2D eigenvalue weighted by Gasteiger charge is -2.34. The molecule has 7 heteroatoms. The second-order valence-electron chi connectivity index (χ2n) is 7.79. The standard InChI is InChI=1S/C19H21ClN4OS/c1-19(2,3)17-16-10(4-5-22-17)7-15(26-16)11-6-13-12(20)8-14(18(21)25)24(13)23-9-11/h6-9,17,22H,4-5H2,1-3H3,(H2,21,25). The molecule has 3 aromatic heterocycles. The SMILES string of the molecule is CC(C)(C)C1NCCc2cc(-c3cnn4c(C(N)=O)cc(Cl)c4c3)sc21. The number of rotatable bonds is 2. The summed E-state index contributed by atoms with van der Waals surface area (Å²) in [5, 5.41) is 8.52. The molecule has 0 aliphatic carbocycles. The molecule has 0 radical (unpaired) electrons. The highest BCUT2D eigenvalue weighted by Crippen LogP contribution is 2.43. The summed E-state index contributed by atoms with van der Waals surface area (Å²) < 4.78 is 1.50. The van der Waals surface area contributed by atoms with Crippen LogP contribution in [0.3, 0.4) is 0 Å². The van der Waals surface area contributed by atoms with Gasteiger partial charge in [-0.1, -0.05) is 32.4 Å². The molecule has 0 bridgehead atoms. The number of hydrogen-bond acceptors (Lipinski definition) is 4. The van der Waals surface area contributed by atoms with E-state index in [2.05, 4.69) is 37.3 Å². The minimum atomic E-state index is -0.544. The van der Waals surface area contributed by atoms with Gasteiger partial charge in [0.1, 0.15) is 5.69 Å². The fourth-order valence-electron chi connectivity index (χ4n) is 3.52. The summed E-state index contributed by atoms with van der Waals surface area (Å²) in [6.07, 6.45) is 2.80. The highest BCUT2D eigenvalue weighted by Gasteiger charge is 2.32. The van der Waals surface area contributed by atoms with Gasteiger partial charge in [-0.3, -0.25) is 4.79 Å². The summed E-state index contributed by atoms with van der Waals surface area (Å²) in [4.78, 5) is 14.1. The third kappa shape index (κ3) is 2.82. The van der Waals surface area contributed by atoms with Crippen molar-refractivity contribution >= 4 is 34.4 Å². The Hall–Kier alpha value is -1.89. The molecule has 3 N–H and O–H groups in total. The van der Waals surface area contributed by atoms with Crippen molar-refractivity contribution in [3.05, 3.63) is 45.6 Å². The van der Waals surface area contributed by atoms with Gasteiger partial charge in [-0.25, -0.2) is 4.52 Å². The summed E-state index contributed by atoms with van der Waals surface area (Å²) >= 11 is 8.09. The first-order chi connectivity index (χ1) is 12.3. The van der Waals surface area contributed by atoms with E-state index in [1.807, 2.05) is 6.07 Å². The number of carbonyl (C=O) groups excluding carboxylic acids is 1. The van der Waals surface area contributed by atoms with E-state index < -0.39 is 5.91 Å². The molecule has 0 spiro atoms. The van der Waals surface area contributed by atoms with Crippen LogP contribution in [-0.2, 0) is 6.42 Å². The number of thiophene rings is 1. The molecule has 136 valence electrons. The molecule has 1 aliphatic heterocycles. The van der Waals surface area contributed by atoms with E-state index in [9.17, 15) is 4.79 Å². The smallest absolute Gasteiger partial charge is 0.267 e. The Morgan fingerprint density at radius 3 is 2.85 bits per heavy atom. The highest BCUT2D eigenvalue weighted by molar-refractivity contribution is 7.15. The highest BCUT2D eigenvalue weighted by atomic mass is 35.5. The third-order valence-corrected chi connectivity index (χ3v) is 6.41. The van der Waals surface area contributed by atoms with Crippen molar-refractivity contribution in [2.45, 2.75) is 33.2 Å². The summed E-state index contributed by atoms with van der Waals surface area (Å²) in [7, 11) is 0. The Balaban J connectivity index is 1.81. The number of fused-ring (bicyclic) bond motifs is 2. The zero-order valence-electron chi connectivity index (χ0n) is 15.0. The lowest BCUT2D eigenvalue weighted by molar-refractivity contribution is 0.0993. The van der Waals surface area contributed by atoms with Gasteiger partial charge in [-0.15, -0.1) is 11.3 Å². The molecular formula is C19H21ClN4OS. The van der Waals surface area contributed by atoms with Crippen LogP contribution in [0.2, 0.25) is 5.02 Å². The predicted molar refractivity (Wildman–Crippen MR) is 106 cm³/mol. The van der Waals surface area contributed by atoms with Crippen molar-refractivity contribution in [3.63, 3.8) is 0 Å². The van der Waals surface area contributed by atoms with Crippen molar-refractivity contribution in [2.24, 2.45) is 11.1 Å². The van der Waals surface area contributed by atoms with E-state index in [1.54, 1.807) is 23.6 Å². The number of nitrogens with two attached hydrogens (primary N) is 1. The van der Waals surface area contributed by atoms with Crippen molar-refractivity contribution in [3.8, 4) is 10.4 Å². The molecular weight excluding hydrogens is 368 g/mol. The van der Waals surface area contributed by atoms with Gasteiger partial charge in [0.15, 0.2) is 0 Å². The van der Waals surface area contributed by atoms with Gasteiger partial charge >= 0.3 is 0 Å². The minimum absolute atomic E-state index is 0.153. The van der Waals surface area contributed by atoms with Gasteiger partial charge in [0.2, 0.25) is 0 Å². The van der Waals surface area contributed by atoms with Crippen LogP contribution in [0.1, 0.15) is 47.7 Å². The number of hydrogen-bond donors (Lipinski definition) is 2. The van der Waals surface area contributed by atoms with Crippen LogP contribution in [0.5, 0.6) is 0 Å². The van der Waals surface area contributed by atoms with Crippen molar-refractivity contribution in [2.75, 3.05) is 6.54 Å². The first-order valence-electron chi connectivity index (χ1n) is 8.59. The third-order valence-electron chi connectivity index (χ3n) is 4.82. The second kappa shape index (κ2) is 6.08. The van der Waals surface area contributed by atoms with Crippen molar-refractivity contribution in [1.82, 2.24) is 14.9 Å². The molecule has 1 atom stereocenters. The minimum Gasteiger partial charge on any atom is -0.364 e. The maximum Gasteiger partial charge on any atom is 0.267 e. The average Bonchev–Trinajstić information content (AvgIpc) is 3.15. The van der Waals surface area contributed by atoms with Crippen LogP contribution in [0, 0.1) is 5.41 Å². The van der Waals surface area contributed by atoms with Crippen molar-refractivity contribution < 1.29 is 4.79 Å². The zero-order valence-corrected chi connectivity index (χ0v) is 16.5. The number of aromatic nitrogens is 2. The van der Waals surface area contributed by atoms with Gasteiger partial charge in [0.05, 0.1) is 16.7 Å². The van der Waals surface area contributed by atoms with Gasteiger partial charge in [0, 0.05) is 21.4 Å². The normalized spacial score (nSPS) is 17.5. The Labute approximate surface area is 161 Å². The first-order valence-corrected chi connectivity index (χ1v) is 9.78. The number of carbonyl (C=O) groups is 1. The number of primary amides is 1. The maximum atomic E-state index is 11.5. The average molecular weight is 389 g/mol. The molecule has 0 fully saturated rings. The van der Waals surface area contributed by atoms with Crippen LogP contribution < -0.4 is 11.1 Å². The Morgan fingerprint density at radius 1 is 1.38 bits per heavy atom. The van der Waals surface area contributed by atoms with Crippen LogP contribution in [-0.4, -0.2) is 22.1 Å². The molecule has 5 nitrogen and oxygen atoms in total. The van der Waals surface area contributed by atoms with Gasteiger partial charge in [-0.05, 0) is 42.1 Å². The second-order valence-corrected chi connectivity index (χ2v) is 9.28. The number of halogens is 1. The molecule has 4 rings (SSSR count). The maximum absolute atomic E-state index is 11.5. The van der Waals surface area contributed by atoms with Gasteiger partial charge < -0.3 is 11.1 Å². The van der Waals surface area contributed by atoms with Crippen LogP contribution >= 0.6 is 22.9 Å². The number of amides is 1. The molecule has 3 aromatic rings. The van der Waals surface area contributed by atoms with Crippen LogP contribution in [0.4, 0.5) is 0 Å². The Kier molecular flexibility index (Phi) is 4.10. The summed E-state index contributed by atoms with van der Waals surface area (Å²) in [5.74, 6) is -0.544. The fraction of sp³-hybridized carbons (Fsp3) is 0.368. The van der Waals surface area contributed by atoms with Crippen molar-refractivity contribution in [1.29, 1.82) is 0 Å². The molecule has 1 amide bonds. The first kappa shape index (κ1) is 17.5. The van der Waals surface area contributed by atoms with E-state index in [4.69, 9.17) is 17.3 Å². The zero-order chi connectivity index (χ0) is 18.6. The molecule has 4 heterocycles. The van der Waals surface area contributed by atoms with Crippen LogP contribution in [0.25, 0.3) is 16.0 Å². The van der Waals surface area contributed by atoms with E-state index in [1.165, 1.54) is 19.8 Å². The van der Waals surface area contributed by atoms with E-state index in [0.717, 1.165) is 18.5 Å². The van der Waals surface area contributed by atoms with Gasteiger partial charge in [-0.2, -0.15) is 5.10 Å². The number of nitrogens with one attached hydrogen (secondary N) is 1. The van der Waals surface area contributed by atoms with E-state index >= 15 is 0 Å². The largest absolute Gasteiger partial charge is 0.364 e. The monoisotopic (exact) mass is 388 g/mol. The van der Waals surface area contributed by atoms with Gasteiger partial charge in [0.25, 0.3) is 5.91 Å². The molecule has 1 unspecified atom stereocenters. The molecule has 0 aromatic carbocycles. The fourth-order valence-corrected chi connectivity index (χ4v) is 5.28. The predicted octanol–water partition coefficient (Wildman–Crippen LogP) is 4.05. The lowest BCUT2D eigenvalue weighted by atomic mass is 9.82. The summed E-state index contributed by atoms with van der Waals surface area (Å²) in [5.41, 5.74) is 8.94. The van der Waals surface area contributed by atoms with E-state index in [-0.39, 0.29) is 5.41 Å². The molecule has 1 aliphatic rings. The summed E-state index contributed by atoms with van der Waals surface area (Å²) in [6, 6.07) is 6.15. The Morgan fingerprint density at radius 2 is 2.15 bits per heavy atom. The van der Waals surface area contributed by atoms with Crippen LogP contribution in [0.15, 0.2) is 24.4 Å². The number of nitrogens with zero attached hydrogens (tertiary/aromatic N) is 2. The Bertz CT molecular complexity index is 1010.